The topological polar surface area (TPSA) is 88.1 Å². The Morgan fingerprint density at radius 3 is 2.68 bits per heavy atom. The Kier molecular flexibility index (Phi) is 4.67. The van der Waals surface area contributed by atoms with E-state index < -0.39 is 0 Å². The number of pyridine rings is 1. The van der Waals surface area contributed by atoms with Crippen molar-refractivity contribution in [1.82, 2.24) is 4.98 Å². The molecule has 1 N–H and O–H groups in total. The van der Waals surface area contributed by atoms with Crippen LogP contribution in [0.4, 0.5) is 5.69 Å². The van der Waals surface area contributed by atoms with Crippen LogP contribution in [0.5, 0.6) is 11.6 Å². The number of nitrogens with one attached hydrogen (secondary N) is 1. The SMILES string of the molecule is N#Cc1cc(Oc2ccc(NC(=O)c3ccco3)cc2)nc2ccc(Cl)cc12. The van der Waals surface area contributed by atoms with Crippen molar-refractivity contribution < 1.29 is 13.9 Å². The maximum Gasteiger partial charge on any atom is 0.291 e. The van der Waals surface area contributed by atoms with Gasteiger partial charge in [-0.2, -0.15) is 5.26 Å². The molecule has 2 aromatic heterocycles. The number of fused-ring (bicyclic) bond motifs is 1. The van der Waals surface area contributed by atoms with E-state index in [9.17, 15) is 10.1 Å². The molecule has 6 nitrogen and oxygen atoms in total. The van der Waals surface area contributed by atoms with Gasteiger partial charge in [-0.25, -0.2) is 4.98 Å². The lowest BCUT2D eigenvalue weighted by atomic mass is 10.1. The molecule has 0 saturated carbocycles. The summed E-state index contributed by atoms with van der Waals surface area (Å²) in [5, 5.41) is 13.3. The average molecular weight is 390 g/mol. The number of rotatable bonds is 4. The first kappa shape index (κ1) is 17.6. The second-order valence-electron chi connectivity index (χ2n) is 5.84. The van der Waals surface area contributed by atoms with E-state index in [-0.39, 0.29) is 11.7 Å². The van der Waals surface area contributed by atoms with Gasteiger partial charge in [-0.15, -0.1) is 0 Å². The van der Waals surface area contributed by atoms with Crippen LogP contribution >= 0.6 is 11.6 Å². The number of amides is 1. The van der Waals surface area contributed by atoms with Crippen molar-refractivity contribution in [3.8, 4) is 17.7 Å². The molecule has 1 amide bonds. The number of carbonyl (C=O) groups is 1. The Bertz CT molecular complexity index is 1200. The van der Waals surface area contributed by atoms with E-state index in [0.717, 1.165) is 0 Å². The molecule has 0 atom stereocenters. The van der Waals surface area contributed by atoms with Crippen molar-refractivity contribution in [3.63, 3.8) is 0 Å². The minimum atomic E-state index is -0.341. The van der Waals surface area contributed by atoms with Crippen LogP contribution in [0.1, 0.15) is 16.1 Å². The summed E-state index contributed by atoms with van der Waals surface area (Å²) >= 11 is 6.00. The largest absolute Gasteiger partial charge is 0.459 e. The third-order valence-corrected chi connectivity index (χ3v) is 4.18. The standard InChI is InChI=1S/C21H12ClN3O3/c22-14-3-8-18-17(11-14)13(12-23)10-20(25-18)28-16-6-4-15(5-7-16)24-21(26)19-2-1-9-27-19/h1-11H,(H,24,26). The van der Waals surface area contributed by atoms with Crippen LogP contribution < -0.4 is 10.1 Å². The number of furan rings is 1. The highest BCUT2D eigenvalue weighted by Gasteiger charge is 2.10. The molecule has 2 heterocycles. The summed E-state index contributed by atoms with van der Waals surface area (Å²) in [5.74, 6) is 0.691. The van der Waals surface area contributed by atoms with Gasteiger partial charge in [0.05, 0.1) is 17.3 Å². The van der Waals surface area contributed by atoms with Gasteiger partial charge < -0.3 is 14.5 Å². The Labute approximate surface area is 164 Å². The number of nitrogens with zero attached hydrogens (tertiary/aromatic N) is 2. The van der Waals surface area contributed by atoms with Crippen LogP contribution in [0.2, 0.25) is 5.02 Å². The first-order valence-corrected chi connectivity index (χ1v) is 8.63. The summed E-state index contributed by atoms with van der Waals surface area (Å²) in [6.45, 7) is 0. The zero-order valence-electron chi connectivity index (χ0n) is 14.3. The average Bonchev–Trinajstić information content (AvgIpc) is 3.24. The van der Waals surface area contributed by atoms with Crippen molar-refractivity contribution in [3.05, 3.63) is 83.3 Å². The number of ether oxygens (including phenoxy) is 1. The summed E-state index contributed by atoms with van der Waals surface area (Å²) in [5.41, 5.74) is 1.62. The second kappa shape index (κ2) is 7.43. The van der Waals surface area contributed by atoms with Gasteiger partial charge in [-0.3, -0.25) is 4.79 Å². The van der Waals surface area contributed by atoms with E-state index in [1.807, 2.05) is 0 Å². The quantitative estimate of drug-likeness (QED) is 0.505. The number of anilines is 1. The van der Waals surface area contributed by atoms with Gasteiger partial charge in [0.15, 0.2) is 5.76 Å². The molecule has 0 fully saturated rings. The summed E-state index contributed by atoms with van der Waals surface area (Å²) in [4.78, 5) is 16.4. The summed E-state index contributed by atoms with van der Waals surface area (Å²) in [6.07, 6.45) is 1.44. The molecule has 0 spiro atoms. The van der Waals surface area contributed by atoms with Crippen LogP contribution in [0, 0.1) is 11.3 Å². The highest BCUT2D eigenvalue weighted by Crippen LogP contribution is 2.28. The van der Waals surface area contributed by atoms with E-state index in [4.69, 9.17) is 20.8 Å². The van der Waals surface area contributed by atoms with Crippen molar-refractivity contribution >= 4 is 34.1 Å². The minimum Gasteiger partial charge on any atom is -0.459 e. The van der Waals surface area contributed by atoms with E-state index in [1.165, 1.54) is 6.26 Å². The molecule has 28 heavy (non-hydrogen) atoms. The summed E-state index contributed by atoms with van der Waals surface area (Å²) in [7, 11) is 0. The fourth-order valence-corrected chi connectivity index (χ4v) is 2.82. The van der Waals surface area contributed by atoms with Gasteiger partial charge >= 0.3 is 0 Å². The number of hydrogen-bond acceptors (Lipinski definition) is 5. The molecule has 4 rings (SSSR count). The highest BCUT2D eigenvalue weighted by atomic mass is 35.5. The highest BCUT2D eigenvalue weighted by molar-refractivity contribution is 6.31. The third kappa shape index (κ3) is 3.65. The van der Waals surface area contributed by atoms with Crippen molar-refractivity contribution in [2.75, 3.05) is 5.32 Å². The van der Waals surface area contributed by atoms with Gasteiger partial charge in [0.1, 0.15) is 11.8 Å². The molecule has 4 aromatic rings. The number of halogens is 1. The van der Waals surface area contributed by atoms with Crippen LogP contribution in [0.25, 0.3) is 10.9 Å². The number of aromatic nitrogens is 1. The fraction of sp³-hybridized carbons (Fsp3) is 0. The molecule has 136 valence electrons. The molecule has 0 unspecified atom stereocenters. The number of nitriles is 1. The summed E-state index contributed by atoms with van der Waals surface area (Å²) in [6, 6.07) is 18.8. The van der Waals surface area contributed by atoms with Crippen molar-refractivity contribution in [2.24, 2.45) is 0 Å². The molecule has 0 bridgehead atoms. The van der Waals surface area contributed by atoms with Gasteiger partial charge in [0.2, 0.25) is 5.88 Å². The number of benzene rings is 2. The lowest BCUT2D eigenvalue weighted by molar-refractivity contribution is 0.0996. The lowest BCUT2D eigenvalue weighted by Gasteiger charge is -2.09. The molecular weight excluding hydrogens is 378 g/mol. The Morgan fingerprint density at radius 2 is 1.96 bits per heavy atom. The zero-order chi connectivity index (χ0) is 19.5. The number of hydrogen-bond donors (Lipinski definition) is 1. The zero-order valence-corrected chi connectivity index (χ0v) is 15.1. The van der Waals surface area contributed by atoms with Gasteiger partial charge in [-0.05, 0) is 54.6 Å². The van der Waals surface area contributed by atoms with Crippen LogP contribution in [0.15, 0.2) is 71.3 Å². The van der Waals surface area contributed by atoms with E-state index >= 15 is 0 Å². The summed E-state index contributed by atoms with van der Waals surface area (Å²) < 4.78 is 10.8. The lowest BCUT2D eigenvalue weighted by Crippen LogP contribution is -2.10. The Morgan fingerprint density at radius 1 is 1.14 bits per heavy atom. The normalized spacial score (nSPS) is 10.4. The fourth-order valence-electron chi connectivity index (χ4n) is 2.65. The monoisotopic (exact) mass is 389 g/mol. The smallest absolute Gasteiger partial charge is 0.291 e. The van der Waals surface area contributed by atoms with Gasteiger partial charge in [-0.1, -0.05) is 11.6 Å². The van der Waals surface area contributed by atoms with Crippen molar-refractivity contribution in [2.45, 2.75) is 0 Å². The third-order valence-electron chi connectivity index (χ3n) is 3.95. The maximum atomic E-state index is 12.0. The van der Waals surface area contributed by atoms with Crippen molar-refractivity contribution in [1.29, 1.82) is 5.26 Å². The van der Waals surface area contributed by atoms with E-state index in [1.54, 1.807) is 60.7 Å². The predicted octanol–water partition coefficient (Wildman–Crippen LogP) is 5.40. The molecular formula is C21H12ClN3O3. The molecule has 2 aromatic carbocycles. The van der Waals surface area contributed by atoms with Gasteiger partial charge in [0.25, 0.3) is 5.91 Å². The second-order valence-corrected chi connectivity index (χ2v) is 6.28. The van der Waals surface area contributed by atoms with Crippen LogP contribution in [-0.4, -0.2) is 10.9 Å². The van der Waals surface area contributed by atoms with E-state index in [2.05, 4.69) is 16.4 Å². The maximum absolute atomic E-state index is 12.0. The predicted molar refractivity (Wildman–Crippen MR) is 105 cm³/mol. The Balaban J connectivity index is 1.54. The van der Waals surface area contributed by atoms with Gasteiger partial charge in [0, 0.05) is 22.2 Å². The molecule has 7 heteroatoms. The molecule has 0 radical (unpaired) electrons. The first-order chi connectivity index (χ1) is 13.6. The molecule has 0 aliphatic heterocycles. The van der Waals surface area contributed by atoms with E-state index in [0.29, 0.717) is 38.8 Å². The Hall–Kier alpha value is -3.82. The number of carbonyl (C=O) groups excluding carboxylic acids is 1. The first-order valence-electron chi connectivity index (χ1n) is 8.25. The van der Waals surface area contributed by atoms with Crippen LogP contribution in [-0.2, 0) is 0 Å². The van der Waals surface area contributed by atoms with Crippen LogP contribution in [0.3, 0.4) is 0 Å². The molecule has 0 aliphatic carbocycles. The molecule has 0 aliphatic rings. The minimum absolute atomic E-state index is 0.227. The molecule has 0 saturated heterocycles.